The molecule has 0 radical (unpaired) electrons. The molecule has 0 saturated heterocycles. The largest absolute Gasteiger partial charge is 2.00 e. The van der Waals surface area contributed by atoms with Crippen molar-refractivity contribution in [2.45, 2.75) is 58.8 Å². The summed E-state index contributed by atoms with van der Waals surface area (Å²) in [6.07, 6.45) is 10.3. The van der Waals surface area contributed by atoms with Gasteiger partial charge >= 0.3 is 21.1 Å². The third-order valence-corrected chi connectivity index (χ3v) is 8.35. The van der Waals surface area contributed by atoms with Gasteiger partial charge in [-0.3, -0.25) is 20.2 Å². The molecule has 248 valence electrons. The van der Waals surface area contributed by atoms with E-state index >= 15 is 0 Å². The molecule has 0 aliphatic heterocycles. The van der Waals surface area contributed by atoms with E-state index in [1.807, 2.05) is 60.7 Å². The fraction of sp³-hybridized carbons (Fsp3) is 0.282. The van der Waals surface area contributed by atoms with Gasteiger partial charge in [-0.1, -0.05) is 113 Å². The summed E-state index contributed by atoms with van der Waals surface area (Å²) in [5.74, 6) is 2.64. The average molecular weight is 820 g/mol. The zero-order chi connectivity index (χ0) is 33.0. The second kappa shape index (κ2) is 15.1. The summed E-state index contributed by atoms with van der Waals surface area (Å²) in [6, 6.07) is 28.1. The summed E-state index contributed by atoms with van der Waals surface area (Å²) < 4.78 is 15.6. The van der Waals surface area contributed by atoms with Gasteiger partial charge in [0.05, 0.1) is 25.9 Å². The number of rotatable bonds is 12. The van der Waals surface area contributed by atoms with Crippen molar-refractivity contribution >= 4 is 0 Å². The van der Waals surface area contributed by atoms with E-state index in [2.05, 4.69) is 64.4 Å². The van der Waals surface area contributed by atoms with E-state index in [-0.39, 0.29) is 21.1 Å². The van der Waals surface area contributed by atoms with E-state index in [9.17, 15) is 0 Å². The molecular weight excluding hydrogens is 780 g/mol. The maximum absolute atomic E-state index is 6.07. The van der Waals surface area contributed by atoms with Crippen molar-refractivity contribution in [3.63, 3.8) is 0 Å². The second-order valence-corrected chi connectivity index (χ2v) is 12.0. The molecule has 48 heavy (non-hydrogen) atoms. The van der Waals surface area contributed by atoms with Crippen molar-refractivity contribution in [2.75, 3.05) is 14.2 Å². The number of hydrogen-bond acceptors (Lipinski definition) is 6. The topological polar surface area (TPSA) is 79.9 Å². The number of aromatic nitrogens is 6. The van der Waals surface area contributed by atoms with E-state index in [0.717, 1.165) is 70.7 Å². The van der Waals surface area contributed by atoms with Crippen LogP contribution in [0.5, 0.6) is 11.5 Å². The van der Waals surface area contributed by atoms with Crippen LogP contribution in [0.4, 0.5) is 0 Å². The summed E-state index contributed by atoms with van der Waals surface area (Å²) in [6.45, 7) is 8.50. The molecule has 9 heteroatoms. The number of aryl methyl sites for hydroxylation is 2. The molecule has 4 aromatic heterocycles. The van der Waals surface area contributed by atoms with Crippen LogP contribution in [0.2, 0.25) is 0 Å². The second-order valence-electron chi connectivity index (χ2n) is 12.0. The minimum atomic E-state index is -0.701. The molecule has 0 fully saturated rings. The molecule has 0 bridgehead atoms. The van der Waals surface area contributed by atoms with Gasteiger partial charge in [0.15, 0.2) is 0 Å². The Hall–Kier alpha value is -4.55. The Labute approximate surface area is 297 Å². The first kappa shape index (κ1) is 34.8. The molecule has 0 unspecified atom stereocenters. The summed E-state index contributed by atoms with van der Waals surface area (Å²) >= 11 is 0. The van der Waals surface area contributed by atoms with Crippen LogP contribution < -0.4 is 9.47 Å². The monoisotopic (exact) mass is 819 g/mol. The van der Waals surface area contributed by atoms with Gasteiger partial charge in [0.2, 0.25) is 0 Å². The number of ether oxygens (including phenoxy) is 2. The van der Waals surface area contributed by atoms with Crippen LogP contribution in [0.3, 0.4) is 0 Å². The molecule has 8 nitrogen and oxygen atoms in total. The van der Waals surface area contributed by atoms with Gasteiger partial charge < -0.3 is 18.8 Å². The maximum Gasteiger partial charge on any atom is 2.00 e. The molecule has 0 atom stereocenters. The Morgan fingerprint density at radius 2 is 1.04 bits per heavy atom. The van der Waals surface area contributed by atoms with E-state index < -0.39 is 5.41 Å². The van der Waals surface area contributed by atoms with Crippen molar-refractivity contribution in [1.29, 1.82) is 0 Å². The molecule has 2 aromatic carbocycles. The quantitative estimate of drug-likeness (QED) is 0.117. The summed E-state index contributed by atoms with van der Waals surface area (Å²) in [5.41, 5.74) is 6.37. The van der Waals surface area contributed by atoms with Crippen LogP contribution >= 0.6 is 0 Å². The smallest absolute Gasteiger partial charge is 0.497 e. The molecule has 0 aliphatic carbocycles. The van der Waals surface area contributed by atoms with E-state index in [4.69, 9.17) is 29.6 Å². The van der Waals surface area contributed by atoms with E-state index in [1.165, 1.54) is 0 Å². The normalized spacial score (nSPS) is 11.3. The molecule has 0 saturated carbocycles. The predicted molar refractivity (Wildman–Crippen MR) is 184 cm³/mol. The average Bonchev–Trinajstić information content (AvgIpc) is 3.78. The van der Waals surface area contributed by atoms with Crippen molar-refractivity contribution in [2.24, 2.45) is 0 Å². The predicted octanol–water partition coefficient (Wildman–Crippen LogP) is 8.03. The first-order valence-electron chi connectivity index (χ1n) is 16.1. The maximum atomic E-state index is 6.07. The van der Waals surface area contributed by atoms with Crippen LogP contribution in [0.1, 0.15) is 63.3 Å². The van der Waals surface area contributed by atoms with Crippen LogP contribution in [-0.2, 0) is 39.3 Å². The molecule has 0 spiro atoms. The standard InChI is InChI=1S/C39H40N6O2.Pt/c1-7-15-29-21-23-44(42-29)37-35(27-17-11-9-12-18-27)31(46-5)25-33(40-37)39(3,4)34-26-32(47-6)36(28-19-13-10-14-20-28)38(41-34)45-24-22-30(43-45)16-8-2;/h9-14,17-22,25-26H,7-8,15-16H2,1-6H3;/q-2;+2. The van der Waals surface area contributed by atoms with Crippen molar-refractivity contribution in [3.05, 3.63) is 120 Å². The van der Waals surface area contributed by atoms with Gasteiger partial charge in [0.1, 0.15) is 11.5 Å². The molecule has 4 heterocycles. The van der Waals surface area contributed by atoms with Gasteiger partial charge in [-0.25, -0.2) is 0 Å². The first-order chi connectivity index (χ1) is 22.9. The van der Waals surface area contributed by atoms with Crippen molar-refractivity contribution in [1.82, 2.24) is 29.5 Å². The molecular formula is C39H40N6O2Pt. The third kappa shape index (κ3) is 6.86. The van der Waals surface area contributed by atoms with Crippen LogP contribution in [0, 0.1) is 12.4 Å². The molecule has 0 N–H and O–H groups in total. The Morgan fingerprint density at radius 1 is 0.646 bits per heavy atom. The van der Waals surface area contributed by atoms with Crippen molar-refractivity contribution in [3.8, 4) is 45.4 Å². The van der Waals surface area contributed by atoms with Gasteiger partial charge in [0.25, 0.3) is 0 Å². The Kier molecular flexibility index (Phi) is 11.0. The van der Waals surface area contributed by atoms with Gasteiger partial charge in [-0.05, 0) is 36.4 Å². The fourth-order valence-electron chi connectivity index (χ4n) is 5.79. The third-order valence-electron chi connectivity index (χ3n) is 8.35. The Morgan fingerprint density at radius 3 is 1.40 bits per heavy atom. The fourth-order valence-corrected chi connectivity index (χ4v) is 5.79. The number of benzene rings is 2. The molecule has 0 aliphatic rings. The molecule has 6 rings (SSSR count). The summed E-state index contributed by atoms with van der Waals surface area (Å²) in [5, 5.41) is 9.73. The van der Waals surface area contributed by atoms with Crippen LogP contribution in [0.25, 0.3) is 33.9 Å². The summed E-state index contributed by atoms with van der Waals surface area (Å²) in [7, 11) is 3.38. The zero-order valence-corrected chi connectivity index (χ0v) is 30.5. The minimum absolute atomic E-state index is 0. The van der Waals surface area contributed by atoms with Crippen LogP contribution in [0.15, 0.2) is 84.9 Å². The van der Waals surface area contributed by atoms with Gasteiger partial charge in [-0.2, -0.15) is 0 Å². The number of methoxy groups -OCH3 is 2. The Balaban J connectivity index is 0.00000451. The number of pyridine rings is 2. The van der Waals surface area contributed by atoms with Gasteiger partial charge in [0, 0.05) is 40.1 Å². The van der Waals surface area contributed by atoms with E-state index in [1.54, 1.807) is 23.6 Å². The van der Waals surface area contributed by atoms with Crippen molar-refractivity contribution < 1.29 is 30.5 Å². The minimum Gasteiger partial charge on any atom is -0.497 e. The van der Waals surface area contributed by atoms with Gasteiger partial charge in [-0.15, -0.1) is 12.1 Å². The molecule has 0 amide bonds. The first-order valence-corrected chi connectivity index (χ1v) is 16.1. The Bertz CT molecular complexity index is 1830. The zero-order valence-electron chi connectivity index (χ0n) is 28.2. The number of nitrogens with zero attached hydrogens (tertiary/aromatic N) is 6. The molecule has 6 aromatic rings. The van der Waals surface area contributed by atoms with Crippen LogP contribution in [-0.4, -0.2) is 43.7 Å². The summed E-state index contributed by atoms with van der Waals surface area (Å²) in [4.78, 5) is 10.6. The van der Waals surface area contributed by atoms with E-state index in [0.29, 0.717) is 23.1 Å². The number of hydrogen-bond donors (Lipinski definition) is 0. The SMILES string of the molecule is CCCc1c[c-]n(-c2nc(C(C)(C)c3cc(OC)c(-c4ccccc4)c(-n4[c-]cc(CCC)n4)n3)cc(OC)c2-c2ccccc2)n1.[Pt+2].